The van der Waals surface area contributed by atoms with E-state index >= 15 is 0 Å². The molecule has 9 heteroatoms. The number of carbonyl (C=O) groups is 1. The van der Waals surface area contributed by atoms with Crippen molar-refractivity contribution >= 4 is 27.3 Å². The van der Waals surface area contributed by atoms with E-state index in [0.29, 0.717) is 16.3 Å². The van der Waals surface area contributed by atoms with E-state index in [-0.39, 0.29) is 29.1 Å². The zero-order valence-electron chi connectivity index (χ0n) is 14.9. The highest BCUT2D eigenvalue weighted by Gasteiger charge is 2.14. The predicted octanol–water partition coefficient (Wildman–Crippen LogP) is 3.02. The topological polar surface area (TPSA) is 102 Å². The molecule has 0 saturated heterocycles. The van der Waals surface area contributed by atoms with Crippen molar-refractivity contribution in [3.8, 4) is 10.6 Å². The van der Waals surface area contributed by atoms with Crippen LogP contribution < -0.4 is 10.5 Å². The molecule has 0 bridgehead atoms. The second-order valence-corrected chi connectivity index (χ2v) is 8.65. The summed E-state index contributed by atoms with van der Waals surface area (Å²) in [5.41, 5.74) is 2.01. The molecular formula is C19H18FN3O3S2. The molecule has 1 unspecified atom stereocenters. The van der Waals surface area contributed by atoms with E-state index in [9.17, 15) is 17.6 Å². The lowest BCUT2D eigenvalue weighted by atomic mass is 10.1. The maximum Gasteiger partial charge on any atom is 0.238 e. The van der Waals surface area contributed by atoms with Crippen molar-refractivity contribution in [1.82, 2.24) is 10.3 Å². The largest absolute Gasteiger partial charge is 0.349 e. The number of amides is 1. The minimum Gasteiger partial charge on any atom is -0.349 e. The van der Waals surface area contributed by atoms with E-state index < -0.39 is 10.0 Å². The molecule has 0 saturated carbocycles. The molecule has 146 valence electrons. The van der Waals surface area contributed by atoms with Crippen LogP contribution in [0.2, 0.25) is 0 Å². The molecule has 1 heterocycles. The Balaban J connectivity index is 1.62. The zero-order valence-corrected chi connectivity index (χ0v) is 16.6. The van der Waals surface area contributed by atoms with Gasteiger partial charge in [-0.1, -0.05) is 24.3 Å². The molecular weight excluding hydrogens is 401 g/mol. The summed E-state index contributed by atoms with van der Waals surface area (Å²) < 4.78 is 35.9. The summed E-state index contributed by atoms with van der Waals surface area (Å²) in [7, 11) is -3.75. The molecule has 3 N–H and O–H groups in total. The van der Waals surface area contributed by atoms with E-state index in [2.05, 4.69) is 10.3 Å². The molecule has 28 heavy (non-hydrogen) atoms. The monoisotopic (exact) mass is 419 g/mol. The van der Waals surface area contributed by atoms with Gasteiger partial charge in [0.05, 0.1) is 23.1 Å². The predicted molar refractivity (Wildman–Crippen MR) is 106 cm³/mol. The first kappa shape index (κ1) is 20.1. The smallest absolute Gasteiger partial charge is 0.238 e. The first-order valence-corrected chi connectivity index (χ1v) is 10.8. The maximum absolute atomic E-state index is 13.3. The average Bonchev–Trinajstić information content (AvgIpc) is 3.09. The van der Waals surface area contributed by atoms with Gasteiger partial charge in [0.1, 0.15) is 10.8 Å². The zero-order chi connectivity index (χ0) is 20.3. The number of primary sulfonamides is 1. The van der Waals surface area contributed by atoms with Crippen molar-refractivity contribution in [2.75, 3.05) is 0 Å². The number of nitrogens with one attached hydrogen (secondary N) is 1. The van der Waals surface area contributed by atoms with Crippen molar-refractivity contribution in [2.45, 2.75) is 24.3 Å². The van der Waals surface area contributed by atoms with Gasteiger partial charge in [-0.3, -0.25) is 4.79 Å². The van der Waals surface area contributed by atoms with Crippen LogP contribution in [-0.4, -0.2) is 19.3 Å². The molecule has 0 spiro atoms. The highest BCUT2D eigenvalue weighted by Crippen LogP contribution is 2.24. The number of hydrogen-bond donors (Lipinski definition) is 2. The third-order valence-corrected chi connectivity index (χ3v) is 5.92. The summed E-state index contributed by atoms with van der Waals surface area (Å²) in [6, 6.07) is 11.8. The van der Waals surface area contributed by atoms with Crippen molar-refractivity contribution in [1.29, 1.82) is 0 Å². The van der Waals surface area contributed by atoms with Gasteiger partial charge >= 0.3 is 0 Å². The number of nitrogens with zero attached hydrogens (tertiary/aromatic N) is 1. The number of carbonyl (C=O) groups excluding carboxylic acids is 1. The number of nitrogens with two attached hydrogens (primary N) is 1. The molecule has 0 aliphatic carbocycles. The first-order valence-electron chi connectivity index (χ1n) is 8.35. The van der Waals surface area contributed by atoms with Crippen molar-refractivity contribution in [3.05, 3.63) is 71.0 Å². The van der Waals surface area contributed by atoms with Gasteiger partial charge in [-0.05, 0) is 36.8 Å². The number of halogens is 1. The maximum atomic E-state index is 13.3. The number of hydrogen-bond acceptors (Lipinski definition) is 5. The van der Waals surface area contributed by atoms with Gasteiger partial charge < -0.3 is 5.32 Å². The fourth-order valence-corrected chi connectivity index (χ4v) is 3.96. The molecule has 1 aromatic heterocycles. The lowest BCUT2D eigenvalue weighted by Gasteiger charge is -2.14. The van der Waals surface area contributed by atoms with Crippen molar-refractivity contribution in [3.63, 3.8) is 0 Å². The van der Waals surface area contributed by atoms with E-state index in [4.69, 9.17) is 5.14 Å². The minimum absolute atomic E-state index is 0.0159. The highest BCUT2D eigenvalue weighted by atomic mass is 32.2. The first-order chi connectivity index (χ1) is 13.2. The number of benzene rings is 2. The molecule has 0 aliphatic rings. The number of thiazole rings is 1. The Labute approximate surface area is 166 Å². The molecule has 0 radical (unpaired) electrons. The van der Waals surface area contributed by atoms with Gasteiger partial charge in [0.2, 0.25) is 15.9 Å². The number of aromatic nitrogens is 1. The summed E-state index contributed by atoms with van der Waals surface area (Å²) in [6.45, 7) is 1.79. The lowest BCUT2D eigenvalue weighted by Crippen LogP contribution is -2.28. The van der Waals surface area contributed by atoms with E-state index in [0.717, 1.165) is 5.56 Å². The van der Waals surface area contributed by atoms with E-state index in [1.807, 2.05) is 0 Å². The summed E-state index contributed by atoms with van der Waals surface area (Å²) in [6.07, 6.45) is 0.0887. The molecule has 1 atom stereocenters. The minimum atomic E-state index is -3.75. The van der Waals surface area contributed by atoms with Crippen LogP contribution in [0.4, 0.5) is 4.39 Å². The van der Waals surface area contributed by atoms with Gasteiger partial charge in [0.15, 0.2) is 0 Å². The highest BCUT2D eigenvalue weighted by molar-refractivity contribution is 7.89. The van der Waals surface area contributed by atoms with Crippen molar-refractivity contribution < 1.29 is 17.6 Å². The fraction of sp³-hybridized carbons (Fsp3) is 0.158. The second-order valence-electron chi connectivity index (χ2n) is 6.23. The Bertz CT molecular complexity index is 1100. The van der Waals surface area contributed by atoms with Crippen LogP contribution in [0, 0.1) is 5.82 Å². The summed E-state index contributed by atoms with van der Waals surface area (Å²) in [4.78, 5) is 16.7. The van der Waals surface area contributed by atoms with E-state index in [1.165, 1.54) is 35.6 Å². The van der Waals surface area contributed by atoms with Crippen LogP contribution in [0.15, 0.2) is 58.8 Å². The van der Waals surface area contributed by atoms with Gasteiger partial charge in [-0.2, -0.15) is 0 Å². The molecule has 2 aromatic carbocycles. The summed E-state index contributed by atoms with van der Waals surface area (Å²) in [5, 5.41) is 10.3. The van der Waals surface area contributed by atoms with Crippen molar-refractivity contribution in [2.24, 2.45) is 5.14 Å². The third kappa shape index (κ3) is 5.00. The van der Waals surface area contributed by atoms with Crippen LogP contribution in [0.3, 0.4) is 0 Å². The number of sulfonamides is 1. The van der Waals surface area contributed by atoms with Crippen LogP contribution in [0.5, 0.6) is 0 Å². The molecule has 0 fully saturated rings. The van der Waals surface area contributed by atoms with Gasteiger partial charge in [0, 0.05) is 10.9 Å². The molecule has 3 rings (SSSR count). The third-order valence-electron chi connectivity index (χ3n) is 4.05. The van der Waals surface area contributed by atoms with Gasteiger partial charge in [0.25, 0.3) is 0 Å². The van der Waals surface area contributed by atoms with Crippen LogP contribution in [0.25, 0.3) is 10.6 Å². The SMILES string of the molecule is CC(NC(=O)Cc1csc(-c2cccc(F)c2)n1)c1ccc(S(N)(=O)=O)cc1. The fourth-order valence-electron chi connectivity index (χ4n) is 2.63. The van der Waals surface area contributed by atoms with Crippen LogP contribution >= 0.6 is 11.3 Å². The molecule has 1 amide bonds. The normalized spacial score (nSPS) is 12.5. The lowest BCUT2D eigenvalue weighted by molar-refractivity contribution is -0.121. The average molecular weight is 420 g/mol. The Morgan fingerprint density at radius 2 is 1.96 bits per heavy atom. The van der Waals surface area contributed by atoms with Crippen LogP contribution in [0.1, 0.15) is 24.2 Å². The second kappa shape index (κ2) is 8.17. The molecule has 3 aromatic rings. The Kier molecular flexibility index (Phi) is 5.87. The Morgan fingerprint density at radius 3 is 2.61 bits per heavy atom. The quantitative estimate of drug-likeness (QED) is 0.641. The molecule has 0 aliphatic heterocycles. The Morgan fingerprint density at radius 1 is 1.25 bits per heavy atom. The van der Waals surface area contributed by atoms with E-state index in [1.54, 1.807) is 36.6 Å². The Hall–Kier alpha value is -2.62. The standard InChI is InChI=1S/C19H18FN3O3S2/c1-12(13-5-7-17(8-6-13)28(21,25)26)22-18(24)10-16-11-27-19(23-16)14-3-2-4-15(20)9-14/h2-9,11-12H,10H2,1H3,(H,22,24)(H2,21,25,26). The van der Waals surface area contributed by atoms with Crippen LogP contribution in [-0.2, 0) is 21.2 Å². The number of rotatable bonds is 6. The van der Waals surface area contributed by atoms with Gasteiger partial charge in [-0.25, -0.2) is 22.9 Å². The summed E-state index contributed by atoms with van der Waals surface area (Å²) >= 11 is 1.35. The van der Waals surface area contributed by atoms with Gasteiger partial charge in [-0.15, -0.1) is 11.3 Å². The molecule has 6 nitrogen and oxygen atoms in total. The summed E-state index contributed by atoms with van der Waals surface area (Å²) in [5.74, 6) is -0.562.